The number of hydrogen-bond donors (Lipinski definition) is 2. The minimum absolute atomic E-state index is 0.502. The molecule has 1 aliphatic heterocycles. The zero-order valence-corrected chi connectivity index (χ0v) is 9.51. The summed E-state index contributed by atoms with van der Waals surface area (Å²) in [5.74, 6) is 0.715. The van der Waals surface area contributed by atoms with Crippen LogP contribution in [0.3, 0.4) is 0 Å². The van der Waals surface area contributed by atoms with E-state index < -0.39 is 11.7 Å². The Balaban J connectivity index is 2.46. The van der Waals surface area contributed by atoms with Gasteiger partial charge in [0, 0.05) is 12.5 Å². The first-order chi connectivity index (χ1) is 6.90. The molecular weight excluding hydrogens is 214 g/mol. The second-order valence-electron chi connectivity index (χ2n) is 4.41. The molecule has 4 heteroatoms. The van der Waals surface area contributed by atoms with Gasteiger partial charge in [-0.25, -0.2) is 0 Å². The van der Waals surface area contributed by atoms with Crippen LogP contribution in [0.1, 0.15) is 19.4 Å². The van der Waals surface area contributed by atoms with Crippen molar-refractivity contribution in [1.82, 2.24) is 0 Å². The number of fused-ring (bicyclic) bond motifs is 1. The summed E-state index contributed by atoms with van der Waals surface area (Å²) in [5.41, 5.74) is 6.52. The average Bonchev–Trinajstić information content (AvgIpc) is 2.11. The number of aliphatic hydroxyl groups excluding tert-OH is 1. The summed E-state index contributed by atoms with van der Waals surface area (Å²) in [6, 6.07) is 3.47. The third kappa shape index (κ3) is 1.77. The summed E-state index contributed by atoms with van der Waals surface area (Å²) < 4.78 is 5.68. The van der Waals surface area contributed by atoms with Gasteiger partial charge in [0.25, 0.3) is 0 Å². The van der Waals surface area contributed by atoms with Crippen LogP contribution in [-0.4, -0.2) is 16.8 Å². The van der Waals surface area contributed by atoms with Gasteiger partial charge in [-0.15, -0.1) is 0 Å². The fraction of sp³-hybridized carbons (Fsp3) is 0.455. The minimum Gasteiger partial charge on any atom is -0.485 e. The van der Waals surface area contributed by atoms with Gasteiger partial charge in [-0.05, 0) is 25.5 Å². The van der Waals surface area contributed by atoms with E-state index in [0.29, 0.717) is 22.9 Å². The Morgan fingerprint density at radius 3 is 2.87 bits per heavy atom. The van der Waals surface area contributed by atoms with E-state index >= 15 is 0 Å². The van der Waals surface area contributed by atoms with Crippen LogP contribution in [0.15, 0.2) is 12.1 Å². The predicted octanol–water partition coefficient (Wildman–Crippen LogP) is 2.00. The highest BCUT2D eigenvalue weighted by atomic mass is 35.5. The Kier molecular flexibility index (Phi) is 2.32. The molecule has 0 spiro atoms. The lowest BCUT2D eigenvalue weighted by Gasteiger charge is -2.37. The van der Waals surface area contributed by atoms with Crippen LogP contribution in [-0.2, 0) is 6.42 Å². The van der Waals surface area contributed by atoms with Crippen molar-refractivity contribution in [3.63, 3.8) is 0 Å². The number of hydrogen-bond acceptors (Lipinski definition) is 3. The maximum atomic E-state index is 9.84. The Morgan fingerprint density at radius 2 is 2.20 bits per heavy atom. The van der Waals surface area contributed by atoms with Gasteiger partial charge in [0.2, 0.25) is 0 Å². The number of halogens is 1. The zero-order valence-electron chi connectivity index (χ0n) is 8.75. The van der Waals surface area contributed by atoms with Gasteiger partial charge in [-0.2, -0.15) is 0 Å². The van der Waals surface area contributed by atoms with Crippen molar-refractivity contribution in [3.8, 4) is 5.75 Å². The summed E-state index contributed by atoms with van der Waals surface area (Å²) in [5, 5.41) is 10.3. The maximum absolute atomic E-state index is 9.84. The van der Waals surface area contributed by atoms with Gasteiger partial charge in [-0.3, -0.25) is 0 Å². The molecular formula is C11H14ClNO2. The molecule has 1 unspecified atom stereocenters. The highest BCUT2D eigenvalue weighted by molar-refractivity contribution is 6.33. The van der Waals surface area contributed by atoms with Crippen molar-refractivity contribution in [1.29, 1.82) is 0 Å². The number of nitrogen functional groups attached to an aromatic ring is 1. The first-order valence-corrected chi connectivity index (χ1v) is 5.23. The first kappa shape index (κ1) is 10.6. The number of aliphatic hydroxyl groups is 1. The van der Waals surface area contributed by atoms with E-state index in [2.05, 4.69) is 0 Å². The van der Waals surface area contributed by atoms with E-state index in [1.165, 1.54) is 0 Å². The summed E-state index contributed by atoms with van der Waals surface area (Å²) >= 11 is 5.90. The van der Waals surface area contributed by atoms with Crippen molar-refractivity contribution < 1.29 is 9.84 Å². The lowest BCUT2D eigenvalue weighted by molar-refractivity contribution is -0.0410. The van der Waals surface area contributed by atoms with E-state index in [1.54, 1.807) is 12.1 Å². The van der Waals surface area contributed by atoms with Crippen LogP contribution in [0.4, 0.5) is 5.69 Å². The van der Waals surface area contributed by atoms with Gasteiger partial charge < -0.3 is 15.6 Å². The summed E-state index contributed by atoms with van der Waals surface area (Å²) in [6.07, 6.45) is 0.0205. The molecule has 2 rings (SSSR count). The molecule has 1 atom stereocenters. The smallest absolute Gasteiger partial charge is 0.129 e. The van der Waals surface area contributed by atoms with Crippen molar-refractivity contribution in [2.45, 2.75) is 32.0 Å². The van der Waals surface area contributed by atoms with Gasteiger partial charge >= 0.3 is 0 Å². The largest absolute Gasteiger partial charge is 0.485 e. The van der Waals surface area contributed by atoms with Gasteiger partial charge in [0.1, 0.15) is 11.4 Å². The van der Waals surface area contributed by atoms with Crippen LogP contribution in [0, 0.1) is 0 Å². The van der Waals surface area contributed by atoms with E-state index in [-0.39, 0.29) is 0 Å². The standard InChI is InChI=1S/C11H14ClNO2/c1-11(2)10(14)4-6-3-7(12)8(13)5-9(6)15-11/h3,5,10,14H,4,13H2,1-2H3. The average molecular weight is 228 g/mol. The molecule has 0 aliphatic carbocycles. The lowest BCUT2D eigenvalue weighted by Crippen LogP contribution is -2.46. The highest BCUT2D eigenvalue weighted by Gasteiger charge is 2.35. The van der Waals surface area contributed by atoms with E-state index in [0.717, 1.165) is 5.56 Å². The summed E-state index contributed by atoms with van der Waals surface area (Å²) in [6.45, 7) is 3.71. The Bertz CT molecular complexity index is 404. The maximum Gasteiger partial charge on any atom is 0.129 e. The molecule has 0 saturated heterocycles. The number of ether oxygens (including phenoxy) is 1. The molecule has 0 saturated carbocycles. The molecule has 1 aromatic carbocycles. The number of rotatable bonds is 0. The molecule has 0 amide bonds. The summed E-state index contributed by atoms with van der Waals surface area (Å²) in [7, 11) is 0. The molecule has 15 heavy (non-hydrogen) atoms. The van der Waals surface area contributed by atoms with Crippen LogP contribution in [0.2, 0.25) is 5.02 Å². The molecule has 1 heterocycles. The minimum atomic E-state index is -0.576. The second kappa shape index (κ2) is 3.29. The molecule has 82 valence electrons. The molecule has 0 radical (unpaired) electrons. The van der Waals surface area contributed by atoms with Crippen LogP contribution >= 0.6 is 11.6 Å². The fourth-order valence-electron chi connectivity index (χ4n) is 1.67. The van der Waals surface area contributed by atoms with Crippen LogP contribution in [0.5, 0.6) is 5.75 Å². The number of anilines is 1. The number of nitrogens with two attached hydrogens (primary N) is 1. The lowest BCUT2D eigenvalue weighted by atomic mass is 9.91. The Morgan fingerprint density at radius 1 is 1.53 bits per heavy atom. The van der Waals surface area contributed by atoms with Crippen molar-refractivity contribution in [3.05, 3.63) is 22.7 Å². The normalized spacial score (nSPS) is 23.1. The molecule has 0 fully saturated rings. The van der Waals surface area contributed by atoms with E-state index in [9.17, 15) is 5.11 Å². The second-order valence-corrected chi connectivity index (χ2v) is 4.81. The third-order valence-electron chi connectivity index (χ3n) is 2.77. The molecule has 1 aromatic rings. The van der Waals surface area contributed by atoms with E-state index in [4.69, 9.17) is 22.1 Å². The summed E-state index contributed by atoms with van der Waals surface area (Å²) in [4.78, 5) is 0. The Labute approximate surface area is 93.8 Å². The molecule has 3 nitrogen and oxygen atoms in total. The van der Waals surface area contributed by atoms with Crippen molar-refractivity contribution in [2.24, 2.45) is 0 Å². The monoisotopic (exact) mass is 227 g/mol. The Hall–Kier alpha value is -0.930. The molecule has 0 bridgehead atoms. The molecule has 0 aromatic heterocycles. The SMILES string of the molecule is CC1(C)Oc2cc(N)c(Cl)cc2CC1O. The fourth-order valence-corrected chi connectivity index (χ4v) is 1.86. The topological polar surface area (TPSA) is 55.5 Å². The first-order valence-electron chi connectivity index (χ1n) is 4.85. The van der Waals surface area contributed by atoms with Crippen molar-refractivity contribution >= 4 is 17.3 Å². The molecule has 1 aliphatic rings. The highest BCUT2D eigenvalue weighted by Crippen LogP contribution is 2.37. The van der Waals surface area contributed by atoms with Crippen molar-refractivity contribution in [2.75, 3.05) is 5.73 Å². The van der Waals surface area contributed by atoms with Crippen LogP contribution in [0.25, 0.3) is 0 Å². The van der Waals surface area contributed by atoms with Gasteiger partial charge in [0.15, 0.2) is 0 Å². The number of benzene rings is 1. The van der Waals surface area contributed by atoms with Crippen LogP contribution < -0.4 is 10.5 Å². The van der Waals surface area contributed by atoms with E-state index in [1.807, 2.05) is 13.8 Å². The molecule has 3 N–H and O–H groups in total. The zero-order chi connectivity index (χ0) is 11.2. The third-order valence-corrected chi connectivity index (χ3v) is 3.10. The quantitative estimate of drug-likeness (QED) is 0.667. The van der Waals surface area contributed by atoms with Gasteiger partial charge in [-0.1, -0.05) is 11.6 Å². The predicted molar refractivity (Wildman–Crippen MR) is 60.3 cm³/mol. The van der Waals surface area contributed by atoms with Gasteiger partial charge in [0.05, 0.1) is 16.8 Å².